The molecule has 1 aromatic rings. The molecule has 22 heavy (non-hydrogen) atoms. The molecule has 0 radical (unpaired) electrons. The molecule has 1 atom stereocenters. The lowest BCUT2D eigenvalue weighted by Gasteiger charge is -2.24. The zero-order valence-electron chi connectivity index (χ0n) is 14.2. The highest BCUT2D eigenvalue weighted by Gasteiger charge is 2.06. The average Bonchev–Trinajstić information content (AvgIpc) is 2.53. The van der Waals surface area contributed by atoms with Crippen LogP contribution in [-0.2, 0) is 6.54 Å². The van der Waals surface area contributed by atoms with Gasteiger partial charge >= 0.3 is 0 Å². The van der Waals surface area contributed by atoms with Crippen molar-refractivity contribution < 1.29 is 4.39 Å². The van der Waals surface area contributed by atoms with Crippen molar-refractivity contribution in [3.63, 3.8) is 0 Å². The second-order valence-electron chi connectivity index (χ2n) is 5.49. The Balaban J connectivity index is 2.46. The van der Waals surface area contributed by atoms with Gasteiger partial charge < -0.3 is 15.5 Å². The molecule has 124 valence electrons. The summed E-state index contributed by atoms with van der Waals surface area (Å²) in [5.74, 6) is 0.579. The SMILES string of the molecule is CCNC(=NCc1ccc(F)cc1)NCCN(C)C(C)CC. The van der Waals surface area contributed by atoms with Crippen molar-refractivity contribution in [3.8, 4) is 0 Å². The fourth-order valence-electron chi connectivity index (χ4n) is 1.98. The van der Waals surface area contributed by atoms with E-state index in [1.807, 2.05) is 6.92 Å². The molecule has 0 bridgehead atoms. The molecule has 0 aliphatic carbocycles. The van der Waals surface area contributed by atoms with Gasteiger partial charge in [-0.15, -0.1) is 0 Å². The molecule has 0 aliphatic heterocycles. The summed E-state index contributed by atoms with van der Waals surface area (Å²) in [6.45, 7) is 9.64. The molecule has 1 unspecified atom stereocenters. The summed E-state index contributed by atoms with van der Waals surface area (Å²) in [4.78, 5) is 6.86. The summed E-state index contributed by atoms with van der Waals surface area (Å²) >= 11 is 0. The molecule has 0 saturated carbocycles. The number of guanidine groups is 1. The first-order valence-electron chi connectivity index (χ1n) is 8.03. The molecule has 0 amide bonds. The number of rotatable bonds is 8. The van der Waals surface area contributed by atoms with E-state index in [-0.39, 0.29) is 5.82 Å². The van der Waals surface area contributed by atoms with Gasteiger partial charge in [-0.25, -0.2) is 9.38 Å². The monoisotopic (exact) mass is 308 g/mol. The second-order valence-corrected chi connectivity index (χ2v) is 5.49. The largest absolute Gasteiger partial charge is 0.357 e. The van der Waals surface area contributed by atoms with Gasteiger partial charge in [0.05, 0.1) is 6.54 Å². The highest BCUT2D eigenvalue weighted by molar-refractivity contribution is 5.79. The average molecular weight is 308 g/mol. The first-order chi connectivity index (χ1) is 10.6. The van der Waals surface area contributed by atoms with Crippen LogP contribution >= 0.6 is 0 Å². The molecule has 0 saturated heterocycles. The number of benzene rings is 1. The lowest BCUT2D eigenvalue weighted by atomic mass is 10.2. The van der Waals surface area contributed by atoms with Gasteiger partial charge in [-0.2, -0.15) is 0 Å². The van der Waals surface area contributed by atoms with Gasteiger partial charge in [0, 0.05) is 25.7 Å². The highest BCUT2D eigenvalue weighted by Crippen LogP contribution is 2.04. The number of nitrogens with one attached hydrogen (secondary N) is 2. The summed E-state index contributed by atoms with van der Waals surface area (Å²) in [5, 5.41) is 6.56. The van der Waals surface area contributed by atoms with Gasteiger partial charge in [0.2, 0.25) is 0 Å². The van der Waals surface area contributed by atoms with Crippen LogP contribution in [0.5, 0.6) is 0 Å². The van der Waals surface area contributed by atoms with Crippen LogP contribution in [0.25, 0.3) is 0 Å². The van der Waals surface area contributed by atoms with E-state index in [1.165, 1.54) is 12.1 Å². The summed E-state index contributed by atoms with van der Waals surface area (Å²) < 4.78 is 12.9. The Morgan fingerprint density at radius 2 is 1.91 bits per heavy atom. The number of halogens is 1. The van der Waals surface area contributed by atoms with Gasteiger partial charge in [0.25, 0.3) is 0 Å². The summed E-state index contributed by atoms with van der Waals surface area (Å²) in [7, 11) is 2.14. The number of hydrogen-bond donors (Lipinski definition) is 2. The van der Waals surface area contributed by atoms with Crippen molar-refractivity contribution in [3.05, 3.63) is 35.6 Å². The van der Waals surface area contributed by atoms with E-state index in [2.05, 4.69) is 41.4 Å². The van der Waals surface area contributed by atoms with Gasteiger partial charge in [-0.3, -0.25) is 0 Å². The molecule has 4 nitrogen and oxygen atoms in total. The predicted octanol–water partition coefficient (Wildman–Crippen LogP) is 2.61. The van der Waals surface area contributed by atoms with Crippen molar-refractivity contribution in [2.24, 2.45) is 4.99 Å². The molecule has 2 N–H and O–H groups in total. The minimum Gasteiger partial charge on any atom is -0.357 e. The Hall–Kier alpha value is -1.62. The molecular formula is C17H29FN4. The third-order valence-corrected chi connectivity index (χ3v) is 3.78. The molecule has 1 aromatic carbocycles. The smallest absolute Gasteiger partial charge is 0.191 e. The highest BCUT2D eigenvalue weighted by atomic mass is 19.1. The van der Waals surface area contributed by atoms with Gasteiger partial charge in [0.1, 0.15) is 5.82 Å². The van der Waals surface area contributed by atoms with Gasteiger partial charge in [0.15, 0.2) is 5.96 Å². The van der Waals surface area contributed by atoms with Gasteiger partial charge in [-0.1, -0.05) is 19.1 Å². The zero-order valence-corrected chi connectivity index (χ0v) is 14.2. The molecular weight excluding hydrogens is 279 g/mol. The van der Waals surface area contributed by atoms with Crippen molar-refractivity contribution >= 4 is 5.96 Å². The van der Waals surface area contributed by atoms with E-state index in [9.17, 15) is 4.39 Å². The third kappa shape index (κ3) is 6.89. The Bertz CT molecular complexity index is 444. The topological polar surface area (TPSA) is 39.7 Å². The van der Waals surface area contributed by atoms with Crippen molar-refractivity contribution in [2.45, 2.75) is 39.8 Å². The normalized spacial score (nSPS) is 13.3. The lowest BCUT2D eigenvalue weighted by molar-refractivity contribution is 0.255. The van der Waals surface area contributed by atoms with E-state index in [1.54, 1.807) is 12.1 Å². The Labute approximate surface area is 133 Å². The summed E-state index contributed by atoms with van der Waals surface area (Å²) in [6.07, 6.45) is 1.15. The fraction of sp³-hybridized carbons (Fsp3) is 0.588. The standard InChI is InChI=1S/C17H29FN4/c1-5-14(3)22(4)12-11-20-17(19-6-2)21-13-15-7-9-16(18)10-8-15/h7-10,14H,5-6,11-13H2,1-4H3,(H2,19,20,21). The molecule has 0 fully saturated rings. The lowest BCUT2D eigenvalue weighted by Crippen LogP contribution is -2.42. The minimum absolute atomic E-state index is 0.217. The Morgan fingerprint density at radius 1 is 1.23 bits per heavy atom. The molecule has 0 heterocycles. The maximum Gasteiger partial charge on any atom is 0.191 e. The third-order valence-electron chi connectivity index (χ3n) is 3.78. The van der Waals surface area contributed by atoms with Crippen LogP contribution in [0.4, 0.5) is 4.39 Å². The van der Waals surface area contributed by atoms with Crippen LogP contribution in [0.15, 0.2) is 29.3 Å². The second kappa shape index (κ2) is 10.2. The first kappa shape index (κ1) is 18.4. The number of likely N-dealkylation sites (N-methyl/N-ethyl adjacent to an activating group) is 1. The molecule has 1 rings (SSSR count). The van der Waals surface area contributed by atoms with E-state index >= 15 is 0 Å². The minimum atomic E-state index is -0.217. The van der Waals surface area contributed by atoms with Gasteiger partial charge in [-0.05, 0) is 45.0 Å². The van der Waals surface area contributed by atoms with Crippen LogP contribution in [0.2, 0.25) is 0 Å². The zero-order chi connectivity index (χ0) is 16.4. The van der Waals surface area contributed by atoms with Crippen LogP contribution in [-0.4, -0.2) is 43.6 Å². The number of aliphatic imine (C=N–C) groups is 1. The summed E-state index contributed by atoms with van der Waals surface area (Å²) in [6, 6.07) is 7.04. The van der Waals surface area contributed by atoms with Crippen LogP contribution in [0.1, 0.15) is 32.8 Å². The van der Waals surface area contributed by atoms with E-state index in [4.69, 9.17) is 0 Å². The molecule has 0 aromatic heterocycles. The quantitative estimate of drug-likeness (QED) is 0.573. The first-order valence-corrected chi connectivity index (χ1v) is 8.03. The van der Waals surface area contributed by atoms with Crippen LogP contribution in [0.3, 0.4) is 0 Å². The van der Waals surface area contributed by atoms with Crippen molar-refractivity contribution in [1.29, 1.82) is 0 Å². The van der Waals surface area contributed by atoms with Crippen molar-refractivity contribution in [1.82, 2.24) is 15.5 Å². The number of nitrogens with zero attached hydrogens (tertiary/aromatic N) is 2. The molecule has 5 heteroatoms. The van der Waals surface area contributed by atoms with E-state index < -0.39 is 0 Å². The van der Waals surface area contributed by atoms with Crippen molar-refractivity contribution in [2.75, 3.05) is 26.7 Å². The Morgan fingerprint density at radius 3 is 2.50 bits per heavy atom. The van der Waals surface area contributed by atoms with E-state index in [0.29, 0.717) is 12.6 Å². The van der Waals surface area contributed by atoms with E-state index in [0.717, 1.165) is 37.6 Å². The Kier molecular flexibility index (Phi) is 8.51. The fourth-order valence-corrected chi connectivity index (χ4v) is 1.98. The summed E-state index contributed by atoms with van der Waals surface area (Å²) in [5.41, 5.74) is 0.996. The van der Waals surface area contributed by atoms with Crippen LogP contribution in [0, 0.1) is 5.82 Å². The maximum absolute atomic E-state index is 12.9. The predicted molar refractivity (Wildman–Crippen MR) is 91.6 cm³/mol. The molecule has 0 spiro atoms. The molecule has 0 aliphatic rings. The number of hydrogen-bond acceptors (Lipinski definition) is 2. The maximum atomic E-state index is 12.9. The van der Waals surface area contributed by atoms with Crippen LogP contribution < -0.4 is 10.6 Å².